The van der Waals surface area contributed by atoms with Crippen LogP contribution in [0.2, 0.25) is 0 Å². The molecule has 0 aliphatic heterocycles. The Labute approximate surface area is 63.7 Å². The van der Waals surface area contributed by atoms with E-state index >= 15 is 0 Å². The van der Waals surface area contributed by atoms with Crippen LogP contribution in [0, 0.1) is 6.92 Å². The van der Waals surface area contributed by atoms with Crippen LogP contribution >= 0.6 is 22.5 Å². The number of nitrogens with zero attached hydrogens (tertiary/aromatic N) is 1. The van der Waals surface area contributed by atoms with Crippen LogP contribution in [0.3, 0.4) is 0 Å². The fraction of sp³-hybridized carbons (Fsp3) is 0.167. The quantitative estimate of drug-likeness (QED) is 0.496. The Morgan fingerprint density at radius 3 is 2.78 bits per heavy atom. The van der Waals surface area contributed by atoms with Crippen LogP contribution in [0.25, 0.3) is 0 Å². The van der Waals surface area contributed by atoms with Crippen LogP contribution in [0.1, 0.15) is 5.69 Å². The van der Waals surface area contributed by atoms with Crippen molar-refractivity contribution in [1.29, 1.82) is 0 Å². The van der Waals surface area contributed by atoms with Crippen molar-refractivity contribution in [3.8, 4) is 0 Å². The SMILES string of the molecule is Cc1ccc(SS)cn1. The van der Waals surface area contributed by atoms with E-state index in [0.717, 1.165) is 10.6 Å². The van der Waals surface area contributed by atoms with Gasteiger partial charge in [0.1, 0.15) is 0 Å². The summed E-state index contributed by atoms with van der Waals surface area (Å²) >= 11 is 4.02. The van der Waals surface area contributed by atoms with E-state index in [2.05, 4.69) is 16.6 Å². The standard InChI is InChI=1S/C6H7NS2/c1-5-2-3-6(9-8)4-7-5/h2-4,8H,1H3. The predicted molar refractivity (Wildman–Crippen MR) is 43.8 cm³/mol. The Bertz CT molecular complexity index is 183. The molecule has 1 heterocycles. The fourth-order valence-corrected chi connectivity index (χ4v) is 1.06. The molecule has 0 unspecified atom stereocenters. The lowest BCUT2D eigenvalue weighted by Crippen LogP contribution is -1.77. The highest BCUT2D eigenvalue weighted by molar-refractivity contribution is 8.68. The molecule has 3 heteroatoms. The summed E-state index contributed by atoms with van der Waals surface area (Å²) in [5.41, 5.74) is 1.04. The van der Waals surface area contributed by atoms with Crippen LogP contribution in [0.5, 0.6) is 0 Å². The molecule has 0 aliphatic rings. The summed E-state index contributed by atoms with van der Waals surface area (Å²) in [5, 5.41) is 0. The van der Waals surface area contributed by atoms with Gasteiger partial charge in [-0.25, -0.2) is 0 Å². The van der Waals surface area contributed by atoms with Gasteiger partial charge in [-0.2, -0.15) is 0 Å². The molecule has 0 saturated carbocycles. The maximum atomic E-state index is 4.08. The lowest BCUT2D eigenvalue weighted by molar-refractivity contribution is 1.15. The molecule has 48 valence electrons. The number of hydrogen-bond acceptors (Lipinski definition) is 3. The summed E-state index contributed by atoms with van der Waals surface area (Å²) in [7, 11) is 1.41. The Balaban J connectivity index is 2.88. The number of aromatic nitrogens is 1. The van der Waals surface area contributed by atoms with E-state index in [0.29, 0.717) is 0 Å². The molecule has 0 aromatic carbocycles. The van der Waals surface area contributed by atoms with Gasteiger partial charge in [0.15, 0.2) is 0 Å². The van der Waals surface area contributed by atoms with E-state index in [9.17, 15) is 0 Å². The highest BCUT2D eigenvalue weighted by atomic mass is 33.1. The number of rotatable bonds is 1. The monoisotopic (exact) mass is 157 g/mol. The number of pyridine rings is 1. The fourth-order valence-electron chi connectivity index (χ4n) is 0.508. The van der Waals surface area contributed by atoms with E-state index in [-0.39, 0.29) is 0 Å². The minimum absolute atomic E-state index is 1.04. The minimum Gasteiger partial charge on any atom is -0.260 e. The van der Waals surface area contributed by atoms with Crippen molar-refractivity contribution in [2.75, 3.05) is 0 Å². The Morgan fingerprint density at radius 1 is 1.56 bits per heavy atom. The van der Waals surface area contributed by atoms with E-state index in [1.807, 2.05) is 25.3 Å². The Kier molecular flexibility index (Phi) is 2.42. The zero-order valence-corrected chi connectivity index (χ0v) is 6.75. The first-order valence-corrected chi connectivity index (χ1v) is 4.44. The van der Waals surface area contributed by atoms with Gasteiger partial charge in [0, 0.05) is 16.8 Å². The first kappa shape index (κ1) is 6.96. The molecule has 1 rings (SSSR count). The van der Waals surface area contributed by atoms with E-state index in [1.54, 1.807) is 0 Å². The molecule has 0 radical (unpaired) electrons. The molecule has 0 atom stereocenters. The maximum Gasteiger partial charge on any atom is 0.0415 e. The van der Waals surface area contributed by atoms with E-state index in [4.69, 9.17) is 0 Å². The largest absolute Gasteiger partial charge is 0.260 e. The molecule has 0 fully saturated rings. The normalized spacial score (nSPS) is 9.56. The molecule has 0 spiro atoms. The second-order valence-corrected chi connectivity index (χ2v) is 2.93. The van der Waals surface area contributed by atoms with Crippen LogP contribution < -0.4 is 0 Å². The smallest absolute Gasteiger partial charge is 0.0415 e. The molecular formula is C6H7NS2. The highest BCUT2D eigenvalue weighted by Gasteiger charge is 1.87. The molecule has 0 N–H and O–H groups in total. The van der Waals surface area contributed by atoms with Crippen LogP contribution in [-0.2, 0) is 0 Å². The summed E-state index contributed by atoms with van der Waals surface area (Å²) in [6.07, 6.45) is 1.81. The average Bonchev–Trinajstić information content (AvgIpc) is 1.90. The summed E-state index contributed by atoms with van der Waals surface area (Å²) in [4.78, 5) is 5.17. The molecule has 1 aromatic heterocycles. The zero-order chi connectivity index (χ0) is 6.69. The van der Waals surface area contributed by atoms with Crippen molar-refractivity contribution < 1.29 is 0 Å². The van der Waals surface area contributed by atoms with Crippen molar-refractivity contribution in [2.45, 2.75) is 11.8 Å². The van der Waals surface area contributed by atoms with Crippen LogP contribution in [0.15, 0.2) is 23.2 Å². The summed E-state index contributed by atoms with van der Waals surface area (Å²) < 4.78 is 0. The van der Waals surface area contributed by atoms with Gasteiger partial charge < -0.3 is 0 Å². The number of hydrogen-bond donors (Lipinski definition) is 1. The second kappa shape index (κ2) is 3.13. The third kappa shape index (κ3) is 1.91. The molecule has 0 aliphatic carbocycles. The first-order valence-electron chi connectivity index (χ1n) is 2.57. The maximum absolute atomic E-state index is 4.08. The van der Waals surface area contributed by atoms with Crippen LogP contribution in [-0.4, -0.2) is 4.98 Å². The molecule has 0 saturated heterocycles. The molecule has 0 bridgehead atoms. The molecule has 1 nitrogen and oxygen atoms in total. The van der Waals surface area contributed by atoms with E-state index < -0.39 is 0 Å². The summed E-state index contributed by atoms with van der Waals surface area (Å²) in [6.45, 7) is 1.97. The van der Waals surface area contributed by atoms with Crippen molar-refractivity contribution in [3.63, 3.8) is 0 Å². The van der Waals surface area contributed by atoms with Crippen LogP contribution in [0.4, 0.5) is 0 Å². The predicted octanol–water partition coefficient (Wildman–Crippen LogP) is 2.33. The number of thiol groups is 1. The molecule has 9 heavy (non-hydrogen) atoms. The molecular weight excluding hydrogens is 150 g/mol. The number of aryl methyl sites for hydroxylation is 1. The molecule has 1 aromatic rings. The lowest BCUT2D eigenvalue weighted by atomic mass is 10.4. The van der Waals surface area contributed by atoms with Gasteiger partial charge >= 0.3 is 0 Å². The Morgan fingerprint density at radius 2 is 2.33 bits per heavy atom. The van der Waals surface area contributed by atoms with E-state index in [1.165, 1.54) is 10.8 Å². The highest BCUT2D eigenvalue weighted by Crippen LogP contribution is 2.19. The van der Waals surface area contributed by atoms with Gasteiger partial charge in [-0.15, -0.1) is 11.7 Å². The van der Waals surface area contributed by atoms with Crippen molar-refractivity contribution in [3.05, 3.63) is 24.0 Å². The summed E-state index contributed by atoms with van der Waals surface area (Å²) in [6, 6.07) is 3.97. The van der Waals surface area contributed by atoms with Gasteiger partial charge in [0.25, 0.3) is 0 Å². The van der Waals surface area contributed by atoms with Gasteiger partial charge in [0.2, 0.25) is 0 Å². The zero-order valence-electron chi connectivity index (χ0n) is 5.03. The van der Waals surface area contributed by atoms with Gasteiger partial charge in [-0.3, -0.25) is 4.98 Å². The topological polar surface area (TPSA) is 12.9 Å². The second-order valence-electron chi connectivity index (χ2n) is 1.73. The summed E-state index contributed by atoms with van der Waals surface area (Å²) in [5.74, 6) is 0. The Hall–Kier alpha value is -0.150. The third-order valence-electron chi connectivity index (χ3n) is 0.990. The van der Waals surface area contributed by atoms with Crippen molar-refractivity contribution >= 4 is 22.5 Å². The van der Waals surface area contributed by atoms with Crippen molar-refractivity contribution in [2.24, 2.45) is 0 Å². The first-order chi connectivity index (χ1) is 4.33. The minimum atomic E-state index is 1.04. The third-order valence-corrected chi connectivity index (χ3v) is 2.07. The van der Waals surface area contributed by atoms with Gasteiger partial charge in [-0.1, -0.05) is 10.8 Å². The van der Waals surface area contributed by atoms with Gasteiger partial charge in [-0.05, 0) is 19.1 Å². The van der Waals surface area contributed by atoms with Gasteiger partial charge in [0.05, 0.1) is 0 Å². The average molecular weight is 157 g/mol. The van der Waals surface area contributed by atoms with Crippen molar-refractivity contribution in [1.82, 2.24) is 4.98 Å². The molecule has 0 amide bonds. The lowest BCUT2D eigenvalue weighted by Gasteiger charge is -1.92.